The number of benzene rings is 2. The van der Waals surface area contributed by atoms with Crippen LogP contribution >= 0.6 is 0 Å². The largest absolute Gasteiger partial charge is 0.481 e. The van der Waals surface area contributed by atoms with Crippen molar-refractivity contribution >= 4 is 21.7 Å². The molecule has 0 bridgehead atoms. The maximum atomic E-state index is 14.2. The molecular formula is C18H18FNO4S. The lowest BCUT2D eigenvalue weighted by atomic mass is 10.0. The minimum Gasteiger partial charge on any atom is -0.481 e. The molecule has 0 atom stereocenters. The fourth-order valence-corrected chi connectivity index (χ4v) is 4.56. The van der Waals surface area contributed by atoms with Crippen LogP contribution in [0.4, 0.5) is 10.1 Å². The van der Waals surface area contributed by atoms with Gasteiger partial charge in [0.05, 0.1) is 10.6 Å². The van der Waals surface area contributed by atoms with Gasteiger partial charge in [0.1, 0.15) is 5.82 Å². The number of hydrogen-bond acceptors (Lipinski definition) is 3. The summed E-state index contributed by atoms with van der Waals surface area (Å²) in [5.74, 6) is -1.45. The zero-order valence-electron chi connectivity index (χ0n) is 13.5. The van der Waals surface area contributed by atoms with Crippen LogP contribution in [0.3, 0.4) is 0 Å². The van der Waals surface area contributed by atoms with Crippen LogP contribution < -0.4 is 4.31 Å². The van der Waals surface area contributed by atoms with Crippen molar-refractivity contribution in [1.29, 1.82) is 0 Å². The van der Waals surface area contributed by atoms with Crippen LogP contribution in [0.15, 0.2) is 47.4 Å². The lowest BCUT2D eigenvalue weighted by Gasteiger charge is -2.30. The highest BCUT2D eigenvalue weighted by Crippen LogP contribution is 2.34. The van der Waals surface area contributed by atoms with Gasteiger partial charge in [-0.05, 0) is 48.6 Å². The Bertz CT molecular complexity index is 894. The zero-order valence-corrected chi connectivity index (χ0v) is 14.3. The molecule has 1 aliphatic heterocycles. The molecular weight excluding hydrogens is 345 g/mol. The van der Waals surface area contributed by atoms with E-state index in [4.69, 9.17) is 5.11 Å². The number of fused-ring (bicyclic) bond motifs is 1. The molecule has 2 aromatic rings. The molecule has 1 N–H and O–H groups in total. The number of rotatable bonds is 5. The Balaban J connectivity index is 1.92. The first-order chi connectivity index (χ1) is 11.9. The van der Waals surface area contributed by atoms with Crippen LogP contribution in [0.25, 0.3) is 0 Å². The van der Waals surface area contributed by atoms with Gasteiger partial charge in [-0.15, -0.1) is 0 Å². The van der Waals surface area contributed by atoms with Crippen LogP contribution in [0, 0.1) is 5.82 Å². The summed E-state index contributed by atoms with van der Waals surface area (Å²) >= 11 is 0. The van der Waals surface area contributed by atoms with Crippen LogP contribution in [0.5, 0.6) is 0 Å². The molecule has 0 aliphatic carbocycles. The molecule has 0 unspecified atom stereocenters. The molecule has 132 valence electrons. The van der Waals surface area contributed by atoms with Crippen molar-refractivity contribution in [2.45, 2.75) is 30.6 Å². The second-order valence-electron chi connectivity index (χ2n) is 5.97. The van der Waals surface area contributed by atoms with Crippen molar-refractivity contribution in [2.24, 2.45) is 0 Å². The fraction of sp³-hybridized carbons (Fsp3) is 0.278. The Labute approximate surface area is 145 Å². The number of anilines is 1. The highest BCUT2D eigenvalue weighted by molar-refractivity contribution is 7.92. The number of carboxylic acids is 1. The number of nitrogens with zero attached hydrogens (tertiary/aromatic N) is 1. The normalized spacial score (nSPS) is 14.2. The number of sulfonamides is 1. The van der Waals surface area contributed by atoms with E-state index in [2.05, 4.69) is 0 Å². The number of para-hydroxylation sites is 1. The lowest BCUT2D eigenvalue weighted by molar-refractivity contribution is -0.136. The summed E-state index contributed by atoms with van der Waals surface area (Å²) in [5, 5.41) is 8.71. The van der Waals surface area contributed by atoms with E-state index in [0.717, 1.165) is 9.87 Å². The Morgan fingerprint density at radius 3 is 2.56 bits per heavy atom. The molecule has 2 aromatic carbocycles. The molecule has 0 aromatic heterocycles. The highest BCUT2D eigenvalue weighted by Gasteiger charge is 2.31. The minimum absolute atomic E-state index is 0.0171. The predicted octanol–water partition coefficient (Wildman–Crippen LogP) is 2.98. The van der Waals surface area contributed by atoms with Crippen LogP contribution in [0.1, 0.15) is 24.0 Å². The lowest BCUT2D eigenvalue weighted by Crippen LogP contribution is -2.36. The average molecular weight is 363 g/mol. The molecule has 7 heteroatoms. The molecule has 5 nitrogen and oxygen atoms in total. The van der Waals surface area contributed by atoms with E-state index in [1.807, 2.05) is 0 Å². The summed E-state index contributed by atoms with van der Waals surface area (Å²) < 4.78 is 41.3. The van der Waals surface area contributed by atoms with Crippen molar-refractivity contribution in [3.63, 3.8) is 0 Å². The Morgan fingerprint density at radius 1 is 1.16 bits per heavy atom. The second kappa shape index (κ2) is 6.84. The number of aryl methyl sites for hydroxylation is 2. The quantitative estimate of drug-likeness (QED) is 0.886. The maximum Gasteiger partial charge on any atom is 0.303 e. The number of hydrogen-bond donors (Lipinski definition) is 1. The second-order valence-corrected chi connectivity index (χ2v) is 7.83. The van der Waals surface area contributed by atoms with Gasteiger partial charge in [-0.1, -0.05) is 24.3 Å². The van der Waals surface area contributed by atoms with E-state index in [1.54, 1.807) is 24.3 Å². The topological polar surface area (TPSA) is 74.7 Å². The summed E-state index contributed by atoms with van der Waals surface area (Å²) in [4.78, 5) is 10.7. The SMILES string of the molecule is O=C(O)CCc1ccc(S(=O)(=O)N2CCCc3cccc(F)c32)cc1. The van der Waals surface area contributed by atoms with Gasteiger partial charge in [0.15, 0.2) is 0 Å². The third-order valence-electron chi connectivity index (χ3n) is 4.27. The first-order valence-corrected chi connectivity index (χ1v) is 9.44. The van der Waals surface area contributed by atoms with E-state index >= 15 is 0 Å². The van der Waals surface area contributed by atoms with E-state index in [-0.39, 0.29) is 23.5 Å². The minimum atomic E-state index is -3.87. The molecule has 0 fully saturated rings. The standard InChI is InChI=1S/C18H18FNO4S/c19-16-5-1-3-14-4-2-12-20(18(14)16)25(23,24)15-9-6-13(7-10-15)8-11-17(21)22/h1,3,5-7,9-10H,2,4,8,11-12H2,(H,21,22). The first-order valence-electron chi connectivity index (χ1n) is 8.00. The monoisotopic (exact) mass is 363 g/mol. The molecule has 0 saturated carbocycles. The number of aliphatic carboxylic acids is 1. The third kappa shape index (κ3) is 3.51. The van der Waals surface area contributed by atoms with Crippen LogP contribution in [-0.4, -0.2) is 26.0 Å². The number of carbonyl (C=O) groups is 1. The number of carboxylic acid groups (broad SMARTS) is 1. The van der Waals surface area contributed by atoms with Crippen molar-refractivity contribution in [3.05, 3.63) is 59.4 Å². The van der Waals surface area contributed by atoms with Crippen molar-refractivity contribution < 1.29 is 22.7 Å². The van der Waals surface area contributed by atoms with Gasteiger partial charge in [0.2, 0.25) is 0 Å². The maximum absolute atomic E-state index is 14.2. The molecule has 0 radical (unpaired) electrons. The summed E-state index contributed by atoms with van der Waals surface area (Å²) in [6.45, 7) is 0.233. The highest BCUT2D eigenvalue weighted by atomic mass is 32.2. The summed E-state index contributed by atoms with van der Waals surface area (Å²) in [5.41, 5.74) is 1.56. The van der Waals surface area contributed by atoms with E-state index in [9.17, 15) is 17.6 Å². The number of halogens is 1. The van der Waals surface area contributed by atoms with Gasteiger partial charge >= 0.3 is 5.97 Å². The molecule has 1 aliphatic rings. The van der Waals surface area contributed by atoms with E-state index in [1.165, 1.54) is 18.2 Å². The molecule has 0 amide bonds. The van der Waals surface area contributed by atoms with Crippen molar-refractivity contribution in [3.8, 4) is 0 Å². The zero-order chi connectivity index (χ0) is 18.0. The smallest absolute Gasteiger partial charge is 0.303 e. The predicted molar refractivity (Wildman–Crippen MR) is 91.7 cm³/mol. The Kier molecular flexibility index (Phi) is 4.76. The summed E-state index contributed by atoms with van der Waals surface area (Å²) in [6, 6.07) is 10.7. The molecule has 0 spiro atoms. The van der Waals surface area contributed by atoms with E-state index < -0.39 is 21.8 Å². The third-order valence-corrected chi connectivity index (χ3v) is 6.08. The van der Waals surface area contributed by atoms with Gasteiger partial charge in [0.25, 0.3) is 10.0 Å². The van der Waals surface area contributed by atoms with Gasteiger partial charge in [-0.3, -0.25) is 9.10 Å². The molecule has 3 rings (SSSR count). The average Bonchev–Trinajstić information content (AvgIpc) is 2.60. The molecule has 1 heterocycles. The molecule has 25 heavy (non-hydrogen) atoms. The first kappa shape index (κ1) is 17.4. The Morgan fingerprint density at radius 2 is 1.88 bits per heavy atom. The molecule has 0 saturated heterocycles. The van der Waals surface area contributed by atoms with Crippen LogP contribution in [0.2, 0.25) is 0 Å². The van der Waals surface area contributed by atoms with Crippen molar-refractivity contribution in [2.75, 3.05) is 10.8 Å². The van der Waals surface area contributed by atoms with Crippen LogP contribution in [-0.2, 0) is 27.7 Å². The Hall–Kier alpha value is -2.41. The van der Waals surface area contributed by atoms with E-state index in [0.29, 0.717) is 24.8 Å². The van der Waals surface area contributed by atoms with Gasteiger partial charge in [0, 0.05) is 13.0 Å². The summed E-state index contributed by atoms with van der Waals surface area (Å²) in [6.07, 6.45) is 1.59. The van der Waals surface area contributed by atoms with Gasteiger partial charge in [-0.2, -0.15) is 0 Å². The van der Waals surface area contributed by atoms with Gasteiger partial charge in [-0.25, -0.2) is 12.8 Å². The fourth-order valence-electron chi connectivity index (χ4n) is 3.01. The van der Waals surface area contributed by atoms with Gasteiger partial charge < -0.3 is 5.11 Å². The van der Waals surface area contributed by atoms with Crippen molar-refractivity contribution in [1.82, 2.24) is 0 Å². The summed E-state index contributed by atoms with van der Waals surface area (Å²) in [7, 11) is -3.87.